The van der Waals surface area contributed by atoms with Crippen molar-refractivity contribution in [2.24, 2.45) is 0 Å². The Bertz CT molecular complexity index is 1210. The second kappa shape index (κ2) is 53.8. The van der Waals surface area contributed by atoms with Gasteiger partial charge < -0.3 is 19.8 Å². The molecule has 0 heterocycles. The molecule has 0 rings (SSSR count). The fourth-order valence-corrected chi connectivity index (χ4v) is 10.3. The van der Waals surface area contributed by atoms with Crippen molar-refractivity contribution in [2.45, 2.75) is 328 Å². The Balaban J connectivity index is 3.91. The monoisotopic (exact) mass is 1020 g/mol. The van der Waals surface area contributed by atoms with Gasteiger partial charge in [0.15, 0.2) is 0 Å². The number of amides is 1. The molecule has 0 aromatic carbocycles. The minimum absolute atomic E-state index is 0.0775. The first-order chi connectivity index (χ1) is 34.5. The molecular weight excluding hydrogens is 900 g/mol. The molecular formula is C62H124N2O6P+. The minimum Gasteiger partial charge on any atom is -0.391 e. The number of allylic oxidation sites excluding steroid dienone is 4. The molecule has 0 radical (unpaired) electrons. The number of phosphoric ester groups is 1. The van der Waals surface area contributed by atoms with Gasteiger partial charge in [-0.05, 0) is 44.9 Å². The van der Waals surface area contributed by atoms with Gasteiger partial charge in [0.1, 0.15) is 13.2 Å². The van der Waals surface area contributed by atoms with E-state index in [4.69, 9.17) is 9.05 Å². The van der Waals surface area contributed by atoms with Crippen molar-refractivity contribution < 1.29 is 32.9 Å². The number of carbonyl (C=O) groups is 1. The molecule has 0 aliphatic rings. The van der Waals surface area contributed by atoms with Crippen molar-refractivity contribution in [1.82, 2.24) is 5.32 Å². The van der Waals surface area contributed by atoms with E-state index in [9.17, 15) is 19.4 Å². The predicted molar refractivity (Wildman–Crippen MR) is 309 cm³/mol. The summed E-state index contributed by atoms with van der Waals surface area (Å²) in [4.78, 5) is 23.3. The fourth-order valence-electron chi connectivity index (χ4n) is 9.55. The normalized spacial score (nSPS) is 14.0. The lowest BCUT2D eigenvalue weighted by atomic mass is 10.0. The Morgan fingerprint density at radius 3 is 1.15 bits per heavy atom. The highest BCUT2D eigenvalue weighted by molar-refractivity contribution is 7.47. The first-order valence-corrected chi connectivity index (χ1v) is 32.7. The number of aliphatic hydroxyl groups excluding tert-OH is 1. The van der Waals surface area contributed by atoms with Crippen molar-refractivity contribution in [2.75, 3.05) is 40.9 Å². The second-order valence-corrected chi connectivity index (χ2v) is 24.2. The standard InChI is InChI=1S/C62H123N2O6P/c1-6-8-10-12-14-16-18-20-22-23-24-25-26-27-28-29-30-31-32-33-34-35-36-37-38-39-40-41-42-44-46-48-50-52-54-56-62(66)63-60(59-70-71(67,68)69-58-57-64(3,4)5)61(65)55-53-51-49-47-45-43-21-19-17-15-13-11-9-7-2/h18,20,23-24,60-61,65H,6-17,19,21-22,25-59H2,1-5H3,(H-,63,66,67,68)/p+1/b20-18-,24-23-. The summed E-state index contributed by atoms with van der Waals surface area (Å²) in [5.74, 6) is -0.138. The smallest absolute Gasteiger partial charge is 0.391 e. The van der Waals surface area contributed by atoms with Gasteiger partial charge in [0, 0.05) is 6.42 Å². The number of likely N-dealkylation sites (N-methyl/N-ethyl adjacent to an activating group) is 1. The summed E-state index contributed by atoms with van der Waals surface area (Å²) >= 11 is 0. The molecule has 9 heteroatoms. The molecule has 0 aliphatic carbocycles. The summed E-state index contributed by atoms with van der Waals surface area (Å²) in [5, 5.41) is 14.1. The number of quaternary nitrogens is 1. The maximum atomic E-state index is 13.0. The molecule has 1 amide bonds. The summed E-state index contributed by atoms with van der Waals surface area (Å²) in [7, 11) is 1.63. The van der Waals surface area contributed by atoms with E-state index < -0.39 is 20.0 Å². The highest BCUT2D eigenvalue weighted by atomic mass is 31.2. The highest BCUT2D eigenvalue weighted by Gasteiger charge is 2.28. The van der Waals surface area contributed by atoms with E-state index in [0.717, 1.165) is 44.9 Å². The van der Waals surface area contributed by atoms with Crippen LogP contribution < -0.4 is 5.32 Å². The molecule has 0 aliphatic heterocycles. The van der Waals surface area contributed by atoms with Gasteiger partial charge in [-0.1, -0.05) is 289 Å². The van der Waals surface area contributed by atoms with Crippen molar-refractivity contribution >= 4 is 13.7 Å². The van der Waals surface area contributed by atoms with Gasteiger partial charge in [-0.15, -0.1) is 0 Å². The van der Waals surface area contributed by atoms with Gasteiger partial charge in [0.25, 0.3) is 0 Å². The van der Waals surface area contributed by atoms with Gasteiger partial charge in [-0.25, -0.2) is 4.57 Å². The average Bonchev–Trinajstić information content (AvgIpc) is 3.33. The van der Waals surface area contributed by atoms with Crippen LogP contribution in [0.15, 0.2) is 24.3 Å². The maximum absolute atomic E-state index is 13.0. The van der Waals surface area contributed by atoms with Gasteiger partial charge in [-0.2, -0.15) is 0 Å². The minimum atomic E-state index is -4.32. The lowest BCUT2D eigenvalue weighted by Gasteiger charge is -2.26. The van der Waals surface area contributed by atoms with Gasteiger partial charge in [-0.3, -0.25) is 13.8 Å². The molecule has 8 nitrogen and oxygen atoms in total. The second-order valence-electron chi connectivity index (χ2n) is 22.8. The summed E-state index contributed by atoms with van der Waals surface area (Å²) < 4.78 is 23.8. The Hall–Kier alpha value is -1.02. The van der Waals surface area contributed by atoms with Gasteiger partial charge in [0.2, 0.25) is 5.91 Å². The SMILES string of the molecule is CCCCCCC/C=C\C/C=C\CCCCCCCCCCCCCCCCCCCCCCCCCC(=O)NC(COP(=O)(O)OCC[N+](C)(C)C)C(O)CCCCCCCCCCCCCCCC. The number of hydrogen-bond acceptors (Lipinski definition) is 5. The number of carbonyl (C=O) groups excluding carboxylic acids is 1. The number of unbranched alkanes of at least 4 members (excludes halogenated alkanes) is 41. The molecule has 0 spiro atoms. The van der Waals surface area contributed by atoms with Crippen LogP contribution in [0, 0.1) is 0 Å². The summed E-state index contributed by atoms with van der Waals surface area (Å²) in [6.07, 6.45) is 68.3. The van der Waals surface area contributed by atoms with Crippen molar-refractivity contribution in [3.05, 3.63) is 24.3 Å². The number of hydrogen-bond donors (Lipinski definition) is 3. The van der Waals surface area contributed by atoms with Crippen LogP contribution in [-0.4, -0.2) is 73.4 Å². The van der Waals surface area contributed by atoms with E-state index in [1.165, 1.54) is 244 Å². The molecule has 3 unspecified atom stereocenters. The van der Waals surface area contributed by atoms with Crippen LogP contribution in [0.5, 0.6) is 0 Å². The Morgan fingerprint density at radius 2 is 0.803 bits per heavy atom. The molecule has 3 N–H and O–H groups in total. The number of aliphatic hydroxyl groups is 1. The average molecular weight is 1020 g/mol. The molecule has 0 aromatic rings. The van der Waals surface area contributed by atoms with E-state index in [-0.39, 0.29) is 19.1 Å². The van der Waals surface area contributed by atoms with Crippen molar-refractivity contribution in [1.29, 1.82) is 0 Å². The number of nitrogens with zero attached hydrogens (tertiary/aromatic N) is 1. The van der Waals surface area contributed by atoms with Crippen LogP contribution in [-0.2, 0) is 18.4 Å². The van der Waals surface area contributed by atoms with Crippen molar-refractivity contribution in [3.63, 3.8) is 0 Å². The third-order valence-corrected chi connectivity index (χ3v) is 15.4. The highest BCUT2D eigenvalue weighted by Crippen LogP contribution is 2.43. The van der Waals surface area contributed by atoms with Crippen molar-refractivity contribution in [3.8, 4) is 0 Å². The lowest BCUT2D eigenvalue weighted by Crippen LogP contribution is -2.46. The third kappa shape index (κ3) is 56.5. The largest absolute Gasteiger partial charge is 0.472 e. The van der Waals surface area contributed by atoms with Crippen LogP contribution in [0.25, 0.3) is 0 Å². The van der Waals surface area contributed by atoms with Crippen LogP contribution in [0.3, 0.4) is 0 Å². The summed E-state index contributed by atoms with van der Waals surface area (Å²) in [6, 6.07) is -0.757. The first-order valence-electron chi connectivity index (χ1n) is 31.2. The number of rotatable bonds is 58. The molecule has 3 atom stereocenters. The van der Waals surface area contributed by atoms with E-state index >= 15 is 0 Å². The van der Waals surface area contributed by atoms with Crippen LogP contribution >= 0.6 is 7.82 Å². The molecule has 71 heavy (non-hydrogen) atoms. The topological polar surface area (TPSA) is 105 Å². The molecule has 0 saturated heterocycles. The molecule has 0 bridgehead atoms. The predicted octanol–water partition coefficient (Wildman–Crippen LogP) is 19.2. The molecule has 0 fully saturated rings. The molecule has 0 saturated carbocycles. The number of phosphoric acid groups is 1. The van der Waals surface area contributed by atoms with Crippen LogP contribution in [0.2, 0.25) is 0 Å². The van der Waals surface area contributed by atoms with E-state index in [2.05, 4.69) is 43.5 Å². The zero-order chi connectivity index (χ0) is 52.0. The Kier molecular flexibility index (Phi) is 53.0. The van der Waals surface area contributed by atoms with E-state index in [1.54, 1.807) is 0 Å². The number of nitrogens with one attached hydrogen (secondary N) is 1. The first kappa shape index (κ1) is 70.0. The van der Waals surface area contributed by atoms with Gasteiger partial charge >= 0.3 is 7.82 Å². The van der Waals surface area contributed by atoms with E-state index in [0.29, 0.717) is 23.9 Å². The van der Waals surface area contributed by atoms with Crippen LogP contribution in [0.1, 0.15) is 316 Å². The lowest BCUT2D eigenvalue weighted by molar-refractivity contribution is -0.870. The van der Waals surface area contributed by atoms with Gasteiger partial charge in [0.05, 0.1) is 39.9 Å². The molecule has 422 valence electrons. The molecule has 0 aromatic heterocycles. The Morgan fingerprint density at radius 1 is 0.479 bits per heavy atom. The summed E-state index contributed by atoms with van der Waals surface area (Å²) in [6.45, 7) is 4.91. The zero-order valence-electron chi connectivity index (χ0n) is 48.2. The maximum Gasteiger partial charge on any atom is 0.472 e. The quantitative estimate of drug-likeness (QED) is 0.0243. The zero-order valence-corrected chi connectivity index (χ0v) is 49.1. The fraction of sp³-hybridized carbons (Fsp3) is 0.919. The van der Waals surface area contributed by atoms with E-state index in [1.807, 2.05) is 21.1 Å². The third-order valence-electron chi connectivity index (χ3n) is 14.5. The van der Waals surface area contributed by atoms with Crippen LogP contribution in [0.4, 0.5) is 0 Å². The summed E-state index contributed by atoms with van der Waals surface area (Å²) in [5.41, 5.74) is 0. The Labute approximate surface area is 443 Å².